The average molecular weight is 450 g/mol. The summed E-state index contributed by atoms with van der Waals surface area (Å²) in [5.41, 5.74) is 3.17. The van der Waals surface area contributed by atoms with Crippen molar-refractivity contribution in [2.24, 2.45) is 5.92 Å². The van der Waals surface area contributed by atoms with Crippen molar-refractivity contribution in [1.29, 1.82) is 0 Å². The van der Waals surface area contributed by atoms with Gasteiger partial charge in [-0.25, -0.2) is 13.6 Å². The molecule has 2 aromatic carbocycles. The number of hydrogen-bond donors (Lipinski definition) is 2. The van der Waals surface area contributed by atoms with Crippen LogP contribution in [-0.4, -0.2) is 28.6 Å². The molecule has 6 nitrogen and oxygen atoms in total. The molecule has 1 aromatic heterocycles. The summed E-state index contributed by atoms with van der Waals surface area (Å²) in [6.07, 6.45) is 0.898. The van der Waals surface area contributed by atoms with Gasteiger partial charge in [-0.3, -0.25) is 4.79 Å². The highest BCUT2D eigenvalue weighted by atomic mass is 19.1. The summed E-state index contributed by atoms with van der Waals surface area (Å²) in [5, 5.41) is 6.23. The van der Waals surface area contributed by atoms with Crippen LogP contribution in [0.15, 0.2) is 65.5 Å². The highest BCUT2D eigenvalue weighted by molar-refractivity contribution is 5.89. The van der Waals surface area contributed by atoms with Crippen molar-refractivity contribution in [2.75, 3.05) is 23.7 Å². The van der Waals surface area contributed by atoms with Gasteiger partial charge in [0.25, 0.3) is 5.56 Å². The number of carbonyl (C=O) groups excluding carboxylic acids is 1. The molecule has 2 atom stereocenters. The zero-order valence-electron chi connectivity index (χ0n) is 17.9. The number of nitrogens with one attached hydrogen (secondary N) is 2. The van der Waals surface area contributed by atoms with Crippen LogP contribution < -0.4 is 16.2 Å². The Balaban J connectivity index is 1.35. The minimum Gasteiger partial charge on any atom is -0.380 e. The van der Waals surface area contributed by atoms with Gasteiger partial charge < -0.3 is 20.1 Å². The molecule has 0 spiro atoms. The van der Waals surface area contributed by atoms with Gasteiger partial charge in [-0.1, -0.05) is 12.1 Å². The van der Waals surface area contributed by atoms with Crippen LogP contribution in [0.3, 0.4) is 0 Å². The van der Waals surface area contributed by atoms with Crippen LogP contribution in [0.2, 0.25) is 0 Å². The third-order valence-corrected chi connectivity index (χ3v) is 6.37. The van der Waals surface area contributed by atoms with E-state index in [-0.39, 0.29) is 35.1 Å². The lowest BCUT2D eigenvalue weighted by Crippen LogP contribution is -2.50. The number of benzene rings is 2. The maximum absolute atomic E-state index is 13.2. The lowest BCUT2D eigenvalue weighted by Gasteiger charge is -2.43. The van der Waals surface area contributed by atoms with E-state index in [1.165, 1.54) is 36.4 Å². The number of piperidine rings is 1. The Kier molecular flexibility index (Phi) is 5.58. The van der Waals surface area contributed by atoms with Gasteiger partial charge in [-0.15, -0.1) is 0 Å². The summed E-state index contributed by atoms with van der Waals surface area (Å²) in [7, 11) is 0. The number of aromatic nitrogens is 1. The number of fused-ring (bicyclic) bond motifs is 4. The molecule has 2 amide bonds. The Morgan fingerprint density at radius 1 is 0.909 bits per heavy atom. The molecule has 0 saturated carbocycles. The van der Waals surface area contributed by atoms with Crippen molar-refractivity contribution in [3.8, 4) is 0 Å². The van der Waals surface area contributed by atoms with Crippen LogP contribution in [0, 0.1) is 17.6 Å². The van der Waals surface area contributed by atoms with Gasteiger partial charge in [-0.2, -0.15) is 0 Å². The Labute approximate surface area is 189 Å². The van der Waals surface area contributed by atoms with Crippen molar-refractivity contribution in [2.45, 2.75) is 25.4 Å². The molecular formula is C25H24F2N4O2. The van der Waals surface area contributed by atoms with Crippen LogP contribution in [0.4, 0.5) is 25.0 Å². The predicted octanol–water partition coefficient (Wildman–Crippen LogP) is 4.39. The molecule has 0 unspecified atom stereocenters. The number of halogens is 2. The molecule has 1 saturated heterocycles. The van der Waals surface area contributed by atoms with E-state index in [1.807, 2.05) is 4.57 Å². The molecule has 0 aliphatic carbocycles. The highest BCUT2D eigenvalue weighted by Crippen LogP contribution is 2.38. The minimum atomic E-state index is -0.358. The second-order valence-corrected chi connectivity index (χ2v) is 8.70. The SMILES string of the molecule is O=C(Nc1ccc(F)cc1)N1C[C@@H]2C[C@H](C1)c1c(NCc3ccc(F)cc3)ccc(=O)n1C2. The van der Waals surface area contributed by atoms with Gasteiger partial charge in [0, 0.05) is 49.5 Å². The molecule has 2 N–H and O–H groups in total. The first-order valence-corrected chi connectivity index (χ1v) is 11.0. The molecule has 8 heteroatoms. The Bertz CT molecular complexity index is 1220. The van der Waals surface area contributed by atoms with E-state index in [2.05, 4.69) is 10.6 Å². The first-order chi connectivity index (χ1) is 16.0. The van der Waals surface area contributed by atoms with Crippen LogP contribution >= 0.6 is 0 Å². The van der Waals surface area contributed by atoms with E-state index in [0.29, 0.717) is 31.9 Å². The van der Waals surface area contributed by atoms with E-state index in [4.69, 9.17) is 0 Å². The molecule has 2 aliphatic rings. The molecule has 3 heterocycles. The lowest BCUT2D eigenvalue weighted by atomic mass is 9.82. The predicted molar refractivity (Wildman–Crippen MR) is 122 cm³/mol. The number of amides is 2. The summed E-state index contributed by atoms with van der Waals surface area (Å²) >= 11 is 0. The quantitative estimate of drug-likeness (QED) is 0.620. The Morgan fingerprint density at radius 3 is 2.33 bits per heavy atom. The standard InChI is InChI=1S/C25H24F2N4O2/c26-19-3-1-16(2-4-19)12-28-22-9-10-23(32)31-14-17-11-18(24(22)31)15-30(13-17)25(33)29-21-7-5-20(27)6-8-21/h1-10,17-18,28H,11-15H2,(H,29,33)/t17-,18+/m0/s1. The third kappa shape index (κ3) is 4.46. The molecule has 3 aromatic rings. The summed E-state index contributed by atoms with van der Waals surface area (Å²) in [6, 6.07) is 15.1. The van der Waals surface area contributed by atoms with Crippen LogP contribution in [0.25, 0.3) is 0 Å². The fourth-order valence-electron chi connectivity index (χ4n) is 4.87. The number of likely N-dealkylation sites (tertiary alicyclic amines) is 1. The van der Waals surface area contributed by atoms with E-state index < -0.39 is 0 Å². The number of hydrogen-bond acceptors (Lipinski definition) is 3. The van der Waals surface area contributed by atoms with Crippen molar-refractivity contribution in [1.82, 2.24) is 9.47 Å². The van der Waals surface area contributed by atoms with Gasteiger partial charge in [0.05, 0.1) is 5.69 Å². The van der Waals surface area contributed by atoms with Gasteiger partial charge in [0.2, 0.25) is 0 Å². The zero-order chi connectivity index (χ0) is 22.9. The van der Waals surface area contributed by atoms with E-state index >= 15 is 0 Å². The molecule has 5 rings (SSSR count). The fourth-order valence-corrected chi connectivity index (χ4v) is 4.87. The first-order valence-electron chi connectivity index (χ1n) is 11.0. The van der Waals surface area contributed by atoms with Crippen molar-refractivity contribution >= 4 is 17.4 Å². The van der Waals surface area contributed by atoms with Gasteiger partial charge in [0.15, 0.2) is 0 Å². The maximum atomic E-state index is 13.2. The van der Waals surface area contributed by atoms with Crippen LogP contribution in [0.5, 0.6) is 0 Å². The summed E-state index contributed by atoms with van der Waals surface area (Å²) in [5.74, 6) is -0.445. The monoisotopic (exact) mass is 450 g/mol. The third-order valence-electron chi connectivity index (χ3n) is 6.37. The molecular weight excluding hydrogens is 426 g/mol. The summed E-state index contributed by atoms with van der Waals surface area (Å²) in [6.45, 7) is 2.09. The molecule has 1 fully saturated rings. The van der Waals surface area contributed by atoms with Crippen molar-refractivity contribution in [3.05, 3.63) is 93.9 Å². The van der Waals surface area contributed by atoms with Crippen molar-refractivity contribution < 1.29 is 13.6 Å². The number of anilines is 2. The van der Waals surface area contributed by atoms with Crippen molar-refractivity contribution in [3.63, 3.8) is 0 Å². The average Bonchev–Trinajstić information content (AvgIpc) is 2.81. The second-order valence-electron chi connectivity index (χ2n) is 8.70. The highest BCUT2D eigenvalue weighted by Gasteiger charge is 2.37. The maximum Gasteiger partial charge on any atom is 0.321 e. The molecule has 2 aliphatic heterocycles. The Morgan fingerprint density at radius 2 is 1.61 bits per heavy atom. The first kappa shape index (κ1) is 21.2. The zero-order valence-corrected chi connectivity index (χ0v) is 17.9. The number of carbonyl (C=O) groups is 1. The second kappa shape index (κ2) is 8.69. The van der Waals surface area contributed by atoms with Crippen LogP contribution in [0.1, 0.15) is 23.6 Å². The minimum absolute atomic E-state index is 0.0149. The van der Waals surface area contributed by atoms with E-state index in [1.54, 1.807) is 29.2 Å². The Hall–Kier alpha value is -3.68. The smallest absolute Gasteiger partial charge is 0.321 e. The summed E-state index contributed by atoms with van der Waals surface area (Å²) in [4.78, 5) is 27.3. The topological polar surface area (TPSA) is 66.4 Å². The largest absolute Gasteiger partial charge is 0.380 e. The van der Waals surface area contributed by atoms with Gasteiger partial charge in [0.1, 0.15) is 11.6 Å². The van der Waals surface area contributed by atoms with Gasteiger partial charge >= 0.3 is 6.03 Å². The molecule has 0 radical (unpaired) electrons. The van der Waals surface area contributed by atoms with E-state index in [9.17, 15) is 18.4 Å². The fraction of sp³-hybridized carbons (Fsp3) is 0.280. The van der Waals surface area contributed by atoms with Crippen LogP contribution in [-0.2, 0) is 13.1 Å². The lowest BCUT2D eigenvalue weighted by molar-refractivity contribution is 0.140. The van der Waals surface area contributed by atoms with E-state index in [0.717, 1.165) is 23.4 Å². The number of rotatable bonds is 4. The number of nitrogens with zero attached hydrogens (tertiary/aromatic N) is 2. The number of pyridine rings is 1. The molecule has 2 bridgehead atoms. The molecule has 33 heavy (non-hydrogen) atoms. The summed E-state index contributed by atoms with van der Waals surface area (Å²) < 4.78 is 28.2. The van der Waals surface area contributed by atoms with Gasteiger partial charge in [-0.05, 0) is 60.4 Å². The number of urea groups is 1. The normalized spacial score (nSPS) is 19.0. The molecule has 170 valence electrons.